The standard InChI is InChI=1S/C42H71S2.3C4H9.Sn/c1-4-6-8-10-12-14-16-18-20-22-24-26-28-30-33-42(38-32-35-43-40(38)41-39(42)36-37(3)44-41)34-31-29-27-25-23-21-19-17-15-13-11-9-7-5-2;3*1-3-4-2;/h32,36H,4-31,33-34H2,1-3H3;3*1,3-4H2,2H3;. The summed E-state index contributed by atoms with van der Waals surface area (Å²) >= 11 is 2.02. The third-order valence-electron chi connectivity index (χ3n) is 14.3. The Labute approximate surface area is 370 Å². The van der Waals surface area contributed by atoms with E-state index in [-0.39, 0.29) is 5.41 Å². The van der Waals surface area contributed by atoms with Gasteiger partial charge in [-0.25, -0.2) is 0 Å². The van der Waals surface area contributed by atoms with Crippen LogP contribution in [-0.2, 0) is 5.41 Å². The molecule has 2 aromatic rings. The number of hydrogen-bond donors (Lipinski definition) is 0. The van der Waals surface area contributed by atoms with Crippen molar-refractivity contribution in [2.45, 2.75) is 291 Å². The van der Waals surface area contributed by atoms with Gasteiger partial charge in [-0.2, -0.15) is 0 Å². The van der Waals surface area contributed by atoms with Crippen LogP contribution in [0.25, 0.3) is 9.75 Å². The van der Waals surface area contributed by atoms with Gasteiger partial charge in [-0.05, 0) is 0 Å². The van der Waals surface area contributed by atoms with Gasteiger partial charge in [0.25, 0.3) is 0 Å². The molecule has 0 fully saturated rings. The molecule has 3 rings (SSSR count). The van der Waals surface area contributed by atoms with Gasteiger partial charge in [-0.1, -0.05) is 104 Å². The topological polar surface area (TPSA) is 0 Å². The molecule has 0 spiro atoms. The molecule has 3 heteroatoms. The first-order valence-electron chi connectivity index (χ1n) is 26.3. The van der Waals surface area contributed by atoms with E-state index in [1.54, 1.807) is 33.5 Å². The molecule has 1 aliphatic carbocycles. The molecule has 0 atom stereocenters. The Morgan fingerprint density at radius 1 is 0.368 bits per heavy atom. The minimum absolute atomic E-state index is 0.288. The molecule has 0 saturated heterocycles. The fourth-order valence-corrected chi connectivity index (χ4v) is 32.2. The molecule has 1 aliphatic rings. The third-order valence-corrected chi connectivity index (χ3v) is 34.8. The maximum absolute atomic E-state index is 2.97. The normalized spacial score (nSPS) is 13.5. The van der Waals surface area contributed by atoms with Crippen molar-refractivity contribution in [2.24, 2.45) is 0 Å². The van der Waals surface area contributed by atoms with E-state index in [2.05, 4.69) is 76.3 Å². The van der Waals surface area contributed by atoms with E-state index in [1.807, 2.05) is 8.46 Å². The average molecular weight is 930 g/mol. The van der Waals surface area contributed by atoms with Crippen molar-refractivity contribution >= 4 is 43.9 Å². The van der Waals surface area contributed by atoms with Crippen molar-refractivity contribution in [2.75, 3.05) is 0 Å². The fraction of sp³-hybridized carbons (Fsp3) is 0.852. The molecule has 0 amide bonds. The molecule has 0 saturated carbocycles. The zero-order valence-electron chi connectivity index (χ0n) is 39.5. The van der Waals surface area contributed by atoms with Crippen molar-refractivity contribution in [3.05, 3.63) is 28.1 Å². The molecule has 0 aromatic carbocycles. The van der Waals surface area contributed by atoms with Gasteiger partial charge >= 0.3 is 270 Å². The van der Waals surface area contributed by atoms with E-state index in [9.17, 15) is 0 Å². The number of rotatable bonds is 40. The van der Waals surface area contributed by atoms with Gasteiger partial charge in [-0.15, -0.1) is 0 Å². The summed E-state index contributed by atoms with van der Waals surface area (Å²) in [6.07, 6.45) is 52.0. The van der Waals surface area contributed by atoms with Gasteiger partial charge in [0, 0.05) is 0 Å². The van der Waals surface area contributed by atoms with Gasteiger partial charge in [0.2, 0.25) is 0 Å². The summed E-state index contributed by atoms with van der Waals surface area (Å²) in [5, 5.41) is 0. The van der Waals surface area contributed by atoms with Crippen LogP contribution in [-0.4, -0.2) is 18.4 Å². The van der Waals surface area contributed by atoms with Crippen LogP contribution < -0.4 is 2.89 Å². The molecule has 2 heterocycles. The van der Waals surface area contributed by atoms with Crippen LogP contribution in [0.4, 0.5) is 0 Å². The zero-order valence-corrected chi connectivity index (χ0v) is 44.0. The molecule has 0 nitrogen and oxygen atoms in total. The second-order valence-electron chi connectivity index (χ2n) is 19.3. The molecule has 0 radical (unpaired) electrons. The van der Waals surface area contributed by atoms with Crippen LogP contribution in [0.3, 0.4) is 0 Å². The third kappa shape index (κ3) is 18.2. The molecule has 57 heavy (non-hydrogen) atoms. The van der Waals surface area contributed by atoms with E-state index in [0.29, 0.717) is 0 Å². The van der Waals surface area contributed by atoms with Crippen molar-refractivity contribution in [3.63, 3.8) is 0 Å². The summed E-state index contributed by atoms with van der Waals surface area (Å²) in [5.74, 6) is 0. The summed E-state index contributed by atoms with van der Waals surface area (Å²) in [6.45, 7) is 14.4. The Bertz CT molecular complexity index is 1180. The van der Waals surface area contributed by atoms with Crippen molar-refractivity contribution in [1.29, 1.82) is 0 Å². The Morgan fingerprint density at radius 2 is 0.667 bits per heavy atom. The van der Waals surface area contributed by atoms with Gasteiger partial charge < -0.3 is 0 Å². The summed E-state index contributed by atoms with van der Waals surface area (Å²) in [5.41, 5.74) is 3.91. The minimum atomic E-state index is -2.51. The van der Waals surface area contributed by atoms with Crippen molar-refractivity contribution in [1.82, 2.24) is 0 Å². The Hall–Kier alpha value is 0.199. The zero-order chi connectivity index (χ0) is 40.9. The number of fused-ring (bicyclic) bond motifs is 3. The predicted molar refractivity (Wildman–Crippen MR) is 268 cm³/mol. The van der Waals surface area contributed by atoms with Gasteiger partial charge in [-0.3, -0.25) is 0 Å². The molecule has 0 N–H and O–H groups in total. The first kappa shape index (κ1) is 51.5. The average Bonchev–Trinajstić information content (AvgIpc) is 3.90. The molecule has 0 aliphatic heterocycles. The maximum atomic E-state index is 2.97. The van der Waals surface area contributed by atoms with E-state index >= 15 is 0 Å². The van der Waals surface area contributed by atoms with Crippen LogP contribution >= 0.6 is 22.7 Å². The summed E-state index contributed by atoms with van der Waals surface area (Å²) in [7, 11) is 0. The van der Waals surface area contributed by atoms with E-state index in [4.69, 9.17) is 0 Å². The SMILES string of the molecule is CCCCCCCCCCCCCCCCC1(CCCCCCCCCCCCCCCC)c2cc(C)sc2-c2s[c]([Sn]([CH2]CCC)([CH2]CCC)[CH2]CCC)cc21. The first-order valence-corrected chi connectivity index (χ1v) is 35.4. The van der Waals surface area contributed by atoms with Crippen LogP contribution in [0.2, 0.25) is 13.3 Å². The monoisotopic (exact) mass is 931 g/mol. The molecular formula is C54H98S2Sn. The van der Waals surface area contributed by atoms with Gasteiger partial charge in [0.05, 0.1) is 0 Å². The van der Waals surface area contributed by atoms with Crippen LogP contribution in [0, 0.1) is 6.92 Å². The fourth-order valence-electron chi connectivity index (χ4n) is 10.6. The van der Waals surface area contributed by atoms with E-state index < -0.39 is 18.4 Å². The number of thiophene rings is 2. The second-order valence-corrected chi connectivity index (χ2v) is 35.8. The molecule has 0 bridgehead atoms. The first-order chi connectivity index (χ1) is 28.0. The number of hydrogen-bond acceptors (Lipinski definition) is 2. The quantitative estimate of drug-likeness (QED) is 0.0461. The Kier molecular flexibility index (Phi) is 28.9. The van der Waals surface area contributed by atoms with Crippen LogP contribution in [0.15, 0.2) is 12.1 Å². The molecule has 330 valence electrons. The summed E-state index contributed by atoms with van der Waals surface area (Å²) in [6, 6.07) is 5.65. The van der Waals surface area contributed by atoms with E-state index in [0.717, 1.165) is 0 Å². The molecular weight excluding hydrogens is 831 g/mol. The molecule has 2 aromatic heterocycles. The van der Waals surface area contributed by atoms with E-state index in [1.165, 1.54) is 231 Å². The second kappa shape index (κ2) is 32.0. The van der Waals surface area contributed by atoms with Crippen LogP contribution in [0.5, 0.6) is 0 Å². The summed E-state index contributed by atoms with van der Waals surface area (Å²) < 4.78 is 6.80. The van der Waals surface area contributed by atoms with Crippen LogP contribution in [0.1, 0.15) is 282 Å². The molecule has 0 unspecified atom stereocenters. The Balaban J connectivity index is 1.66. The van der Waals surface area contributed by atoms with Crippen molar-refractivity contribution < 1.29 is 0 Å². The van der Waals surface area contributed by atoms with Crippen molar-refractivity contribution in [3.8, 4) is 9.75 Å². The van der Waals surface area contributed by atoms with Gasteiger partial charge in [0.1, 0.15) is 0 Å². The number of aryl methyl sites for hydroxylation is 1. The van der Waals surface area contributed by atoms with Gasteiger partial charge in [0.15, 0.2) is 0 Å². The number of unbranched alkanes of at least 4 members (excludes halogenated alkanes) is 29. The Morgan fingerprint density at radius 3 is 1.02 bits per heavy atom. The predicted octanol–water partition coefficient (Wildman–Crippen LogP) is 20.2. The summed E-state index contributed by atoms with van der Waals surface area (Å²) in [4.78, 5) is 5.04.